The molecule has 0 N–H and O–H groups in total. The second-order valence-corrected chi connectivity index (χ2v) is 15.7. The molecule has 7 aromatic rings. The average Bonchev–Trinajstić information content (AvgIpc) is 3.41. The van der Waals surface area contributed by atoms with Gasteiger partial charge in [0, 0.05) is 50.9 Å². The van der Waals surface area contributed by atoms with Crippen molar-refractivity contribution in [2.45, 2.75) is 50.5 Å². The van der Waals surface area contributed by atoms with E-state index < -0.39 is 0 Å². The Morgan fingerprint density at radius 3 is 2.06 bits per heavy atom. The molecule has 1 saturated carbocycles. The van der Waals surface area contributed by atoms with Crippen LogP contribution in [0, 0.1) is 0 Å². The van der Waals surface area contributed by atoms with E-state index in [-0.39, 0.29) is 17.7 Å². The fraction of sp³-hybridized carbons (Fsp3) is 0.167. The second kappa shape index (κ2) is 10.9. The molecule has 3 nitrogen and oxygen atoms in total. The highest BCUT2D eigenvalue weighted by Crippen LogP contribution is 2.62. The lowest BCUT2D eigenvalue weighted by atomic mass is 9.33. The van der Waals surface area contributed by atoms with Crippen LogP contribution in [0.3, 0.4) is 0 Å². The Morgan fingerprint density at radius 1 is 0.538 bits per heavy atom. The molecule has 3 aliphatic heterocycles. The molecule has 4 heteroatoms. The summed E-state index contributed by atoms with van der Waals surface area (Å²) in [5.41, 5.74) is 15.9. The van der Waals surface area contributed by atoms with Crippen molar-refractivity contribution >= 4 is 79.4 Å². The molecule has 2 atom stereocenters. The van der Waals surface area contributed by atoms with Gasteiger partial charge in [-0.15, -0.1) is 0 Å². The molecule has 2 unspecified atom stereocenters. The molecule has 11 rings (SSSR count). The summed E-state index contributed by atoms with van der Waals surface area (Å²) < 4.78 is 0. The number of hydrogen-bond acceptors (Lipinski definition) is 3. The van der Waals surface area contributed by atoms with Crippen LogP contribution in [0.2, 0.25) is 0 Å². The van der Waals surface area contributed by atoms with Crippen LogP contribution < -0.4 is 31.1 Å². The van der Waals surface area contributed by atoms with Crippen LogP contribution in [0.4, 0.5) is 45.5 Å². The Bertz CT molecular complexity index is 2550. The number of hydrogen-bond donors (Lipinski definition) is 0. The first-order valence-corrected chi connectivity index (χ1v) is 18.9. The predicted octanol–water partition coefficient (Wildman–Crippen LogP) is 10.7. The molecule has 0 spiro atoms. The highest BCUT2D eigenvalue weighted by Gasteiger charge is 2.61. The summed E-state index contributed by atoms with van der Waals surface area (Å²) in [6, 6.07) is 58.8. The number of anilines is 8. The van der Waals surface area contributed by atoms with Crippen molar-refractivity contribution in [3.8, 4) is 0 Å². The molecule has 52 heavy (non-hydrogen) atoms. The third kappa shape index (κ3) is 3.93. The van der Waals surface area contributed by atoms with Crippen molar-refractivity contribution in [3.05, 3.63) is 163 Å². The van der Waals surface area contributed by atoms with Crippen LogP contribution in [-0.4, -0.2) is 12.3 Å². The van der Waals surface area contributed by atoms with E-state index in [2.05, 4.69) is 186 Å². The molecule has 1 aliphatic carbocycles. The van der Waals surface area contributed by atoms with E-state index in [0.29, 0.717) is 0 Å². The normalized spacial score (nSPS) is 20.6. The molecule has 250 valence electrons. The molecule has 0 saturated heterocycles. The van der Waals surface area contributed by atoms with Gasteiger partial charge in [-0.05, 0) is 113 Å². The maximum atomic E-state index is 2.80. The van der Waals surface area contributed by atoms with Gasteiger partial charge in [-0.1, -0.05) is 117 Å². The van der Waals surface area contributed by atoms with Gasteiger partial charge in [-0.25, -0.2) is 0 Å². The number of rotatable bonds is 4. The van der Waals surface area contributed by atoms with Crippen molar-refractivity contribution in [2.75, 3.05) is 14.7 Å². The van der Waals surface area contributed by atoms with Crippen molar-refractivity contribution in [1.29, 1.82) is 0 Å². The topological polar surface area (TPSA) is 9.72 Å². The van der Waals surface area contributed by atoms with Gasteiger partial charge < -0.3 is 14.7 Å². The van der Waals surface area contributed by atoms with Gasteiger partial charge in [0.25, 0.3) is 6.71 Å². The lowest BCUT2D eigenvalue weighted by molar-refractivity contribution is 0.195. The zero-order valence-electron chi connectivity index (χ0n) is 29.8. The summed E-state index contributed by atoms with van der Waals surface area (Å²) in [6.45, 7) is 5.25. The molecule has 0 aromatic heterocycles. The number of nitrogens with zero attached hydrogens (tertiary/aromatic N) is 3. The van der Waals surface area contributed by atoms with Crippen molar-refractivity contribution in [2.24, 2.45) is 0 Å². The first-order chi connectivity index (χ1) is 25.5. The van der Waals surface area contributed by atoms with Crippen LogP contribution >= 0.6 is 0 Å². The molecule has 3 heterocycles. The van der Waals surface area contributed by atoms with Gasteiger partial charge in [0.05, 0.1) is 5.54 Å². The van der Waals surface area contributed by atoms with Crippen LogP contribution in [0.5, 0.6) is 0 Å². The van der Waals surface area contributed by atoms with Gasteiger partial charge >= 0.3 is 0 Å². The predicted molar refractivity (Wildman–Crippen MR) is 221 cm³/mol. The minimum Gasteiger partial charge on any atom is -0.335 e. The molecular formula is C48H40BN3. The zero-order valence-corrected chi connectivity index (χ0v) is 29.8. The lowest BCUT2D eigenvalue weighted by Crippen LogP contribution is -2.64. The second-order valence-electron chi connectivity index (χ2n) is 15.7. The zero-order chi connectivity index (χ0) is 34.6. The minimum atomic E-state index is 0.0293. The highest BCUT2D eigenvalue weighted by atomic mass is 15.3. The summed E-state index contributed by atoms with van der Waals surface area (Å²) in [6.07, 6.45) is 5.00. The molecule has 7 aromatic carbocycles. The Labute approximate surface area is 306 Å². The Kier molecular flexibility index (Phi) is 6.27. The van der Waals surface area contributed by atoms with Crippen molar-refractivity contribution in [3.63, 3.8) is 0 Å². The Morgan fingerprint density at radius 2 is 1.21 bits per heavy atom. The average molecular weight is 670 g/mol. The Balaban J connectivity index is 1.18. The van der Waals surface area contributed by atoms with E-state index in [0.717, 1.165) is 17.1 Å². The first-order valence-electron chi connectivity index (χ1n) is 18.9. The molecule has 4 aliphatic rings. The SMILES string of the molecule is CC12CCCCC1(C)N1c3ccccc3B3c4ccc(N(c5ccccc5)c5ccc6ccccc6c5)cc4N(c4ccccc4)c4ccc2c1c43. The van der Waals surface area contributed by atoms with Crippen LogP contribution in [0.15, 0.2) is 158 Å². The number of para-hydroxylation sites is 3. The van der Waals surface area contributed by atoms with Gasteiger partial charge in [-0.3, -0.25) is 0 Å². The van der Waals surface area contributed by atoms with E-state index >= 15 is 0 Å². The van der Waals surface area contributed by atoms with E-state index in [1.807, 2.05) is 0 Å². The smallest absolute Gasteiger partial charge is 0.252 e. The molecular weight excluding hydrogens is 629 g/mol. The highest BCUT2D eigenvalue weighted by molar-refractivity contribution is 7.00. The van der Waals surface area contributed by atoms with E-state index in [1.54, 1.807) is 0 Å². The molecule has 1 fully saturated rings. The third-order valence-electron chi connectivity index (χ3n) is 13.1. The maximum Gasteiger partial charge on any atom is 0.252 e. The first kappa shape index (κ1) is 29.9. The van der Waals surface area contributed by atoms with Crippen LogP contribution in [-0.2, 0) is 5.41 Å². The monoisotopic (exact) mass is 669 g/mol. The van der Waals surface area contributed by atoms with E-state index in [1.165, 1.54) is 86.8 Å². The summed E-state index contributed by atoms with van der Waals surface area (Å²) in [5.74, 6) is 0. The largest absolute Gasteiger partial charge is 0.335 e. The van der Waals surface area contributed by atoms with Gasteiger partial charge in [-0.2, -0.15) is 0 Å². The number of benzene rings is 7. The fourth-order valence-corrected chi connectivity index (χ4v) is 10.5. The van der Waals surface area contributed by atoms with E-state index in [4.69, 9.17) is 0 Å². The summed E-state index contributed by atoms with van der Waals surface area (Å²) in [4.78, 5) is 7.76. The van der Waals surface area contributed by atoms with Crippen molar-refractivity contribution < 1.29 is 0 Å². The van der Waals surface area contributed by atoms with Crippen LogP contribution in [0.25, 0.3) is 10.8 Å². The lowest BCUT2D eigenvalue weighted by Gasteiger charge is -2.52. The van der Waals surface area contributed by atoms with Gasteiger partial charge in [0.1, 0.15) is 0 Å². The molecule has 0 radical (unpaired) electrons. The van der Waals surface area contributed by atoms with Crippen LogP contribution in [0.1, 0.15) is 45.1 Å². The van der Waals surface area contributed by atoms with Crippen molar-refractivity contribution in [1.82, 2.24) is 0 Å². The van der Waals surface area contributed by atoms with E-state index in [9.17, 15) is 0 Å². The summed E-state index contributed by atoms with van der Waals surface area (Å²) in [5, 5.41) is 2.48. The minimum absolute atomic E-state index is 0.0293. The van der Waals surface area contributed by atoms with Gasteiger partial charge in [0.2, 0.25) is 0 Å². The maximum absolute atomic E-state index is 2.80. The molecule has 0 bridgehead atoms. The van der Waals surface area contributed by atoms with Gasteiger partial charge in [0.15, 0.2) is 0 Å². The standard InChI is InChI=1S/C48H40BN3/c1-47-29-13-14-30-48(47,2)52-42-22-12-11-21-40(42)49-41-27-25-38(50(35-17-5-3-6-18-35)37-24-23-33-15-9-10-16-34(33)31-37)32-44(41)51(36-19-7-4-8-20-36)43-28-26-39(47)46(52)45(43)49/h3-12,15-28,31-32H,13-14,29-30H2,1-2H3. The number of fused-ring (bicyclic) bond motifs is 9. The Hall–Kier alpha value is -5.74. The summed E-state index contributed by atoms with van der Waals surface area (Å²) in [7, 11) is 0. The third-order valence-corrected chi connectivity index (χ3v) is 13.1. The summed E-state index contributed by atoms with van der Waals surface area (Å²) >= 11 is 0. The quantitative estimate of drug-likeness (QED) is 0.173. The fourth-order valence-electron chi connectivity index (χ4n) is 10.5. The molecule has 0 amide bonds.